The molecule has 2 rings (SSSR count). The first kappa shape index (κ1) is 16.7. The van der Waals surface area contributed by atoms with Crippen molar-refractivity contribution >= 4 is 10.0 Å². The van der Waals surface area contributed by atoms with Gasteiger partial charge in [0.2, 0.25) is 10.0 Å². The minimum Gasteiger partial charge on any atom is -0.308 e. The van der Waals surface area contributed by atoms with Crippen molar-refractivity contribution in [2.24, 2.45) is 0 Å². The molecule has 6 nitrogen and oxygen atoms in total. The normalized spacial score (nSPS) is 12.0. The topological polar surface area (TPSA) is 67.2 Å². The zero-order chi connectivity index (χ0) is 16.2. The number of nitrogens with zero attached hydrogens (tertiary/aromatic N) is 3. The van der Waals surface area contributed by atoms with E-state index in [1.807, 2.05) is 49.3 Å². The van der Waals surface area contributed by atoms with Crippen LogP contribution < -0.4 is 4.72 Å². The van der Waals surface area contributed by atoms with E-state index in [4.69, 9.17) is 0 Å². The molecule has 0 amide bonds. The lowest BCUT2D eigenvalue weighted by atomic mass is 10.2. The molecule has 0 aliphatic heterocycles. The summed E-state index contributed by atoms with van der Waals surface area (Å²) >= 11 is 0. The average Bonchev–Trinajstić information content (AvgIpc) is 2.81. The first-order valence-corrected chi connectivity index (χ1v) is 8.59. The van der Waals surface area contributed by atoms with Crippen LogP contribution in [0, 0.1) is 6.92 Å². The highest BCUT2D eigenvalue weighted by Gasteiger charge is 2.19. The zero-order valence-corrected chi connectivity index (χ0v) is 14.0. The molecule has 120 valence electrons. The van der Waals surface area contributed by atoms with Gasteiger partial charge < -0.3 is 4.90 Å². The summed E-state index contributed by atoms with van der Waals surface area (Å²) in [4.78, 5) is 2.16. The molecule has 1 N–H and O–H groups in total. The highest BCUT2D eigenvalue weighted by molar-refractivity contribution is 7.89. The third-order valence-corrected chi connectivity index (χ3v) is 4.79. The van der Waals surface area contributed by atoms with E-state index >= 15 is 0 Å². The Balaban J connectivity index is 2.12. The Bertz CT molecular complexity index is 708. The minimum atomic E-state index is -3.52. The summed E-state index contributed by atoms with van der Waals surface area (Å²) in [5.41, 5.74) is 1.59. The van der Waals surface area contributed by atoms with Crippen molar-refractivity contribution < 1.29 is 8.42 Å². The summed E-state index contributed by atoms with van der Waals surface area (Å²) in [5.74, 6) is 0. The van der Waals surface area contributed by atoms with Crippen LogP contribution >= 0.6 is 0 Å². The first-order valence-electron chi connectivity index (χ1n) is 7.11. The molecule has 1 aromatic heterocycles. The Labute approximate surface area is 131 Å². The molecule has 0 spiro atoms. The lowest BCUT2D eigenvalue weighted by molar-refractivity contribution is 0.412. The van der Waals surface area contributed by atoms with Gasteiger partial charge >= 0.3 is 0 Å². The van der Waals surface area contributed by atoms with Crippen LogP contribution in [-0.2, 0) is 16.6 Å². The van der Waals surface area contributed by atoms with Gasteiger partial charge in [-0.1, -0.05) is 30.3 Å². The van der Waals surface area contributed by atoms with E-state index in [2.05, 4.69) is 9.82 Å². The Morgan fingerprint density at radius 1 is 1.23 bits per heavy atom. The van der Waals surface area contributed by atoms with Crippen molar-refractivity contribution in [3.05, 3.63) is 47.8 Å². The number of aromatic nitrogens is 2. The maximum absolute atomic E-state index is 12.3. The van der Waals surface area contributed by atoms with Crippen LogP contribution in [0.4, 0.5) is 0 Å². The van der Waals surface area contributed by atoms with Gasteiger partial charge in [0.15, 0.2) is 0 Å². The standard InChI is InChI=1S/C15H22N4O2S/c1-13-15(22(20,21)16-9-10-18(2)3)12-19(17-13)11-14-7-5-4-6-8-14/h4-8,12,16H,9-11H2,1-3H3. The molecular weight excluding hydrogens is 300 g/mol. The number of hydrogen-bond donors (Lipinski definition) is 1. The first-order chi connectivity index (χ1) is 10.4. The van der Waals surface area contributed by atoms with E-state index < -0.39 is 10.0 Å². The predicted octanol–water partition coefficient (Wildman–Crippen LogP) is 1.08. The van der Waals surface area contributed by atoms with Crippen LogP contribution in [-0.4, -0.2) is 50.3 Å². The van der Waals surface area contributed by atoms with Crippen molar-refractivity contribution in [2.75, 3.05) is 27.2 Å². The quantitative estimate of drug-likeness (QED) is 0.828. The SMILES string of the molecule is Cc1nn(Cc2ccccc2)cc1S(=O)(=O)NCCN(C)C. The summed E-state index contributed by atoms with van der Waals surface area (Å²) in [7, 11) is 0.282. The third kappa shape index (κ3) is 4.40. The number of hydrogen-bond acceptors (Lipinski definition) is 4. The maximum Gasteiger partial charge on any atom is 0.244 e. The van der Waals surface area contributed by atoms with Crippen molar-refractivity contribution in [1.29, 1.82) is 0 Å². The van der Waals surface area contributed by atoms with Gasteiger partial charge in [0.05, 0.1) is 12.2 Å². The third-order valence-electron chi connectivity index (χ3n) is 3.23. The molecule has 0 fully saturated rings. The zero-order valence-electron chi connectivity index (χ0n) is 13.2. The van der Waals surface area contributed by atoms with Crippen molar-refractivity contribution in [3.63, 3.8) is 0 Å². The Morgan fingerprint density at radius 2 is 1.91 bits per heavy atom. The Morgan fingerprint density at radius 3 is 2.55 bits per heavy atom. The van der Waals surface area contributed by atoms with Crippen LogP contribution in [0.3, 0.4) is 0 Å². The van der Waals surface area contributed by atoms with Crippen molar-refractivity contribution in [2.45, 2.75) is 18.4 Å². The predicted molar refractivity (Wildman–Crippen MR) is 86.3 cm³/mol. The van der Waals surface area contributed by atoms with E-state index in [1.54, 1.807) is 17.8 Å². The fourth-order valence-corrected chi connectivity index (χ4v) is 3.30. The van der Waals surface area contributed by atoms with Gasteiger partial charge in [0, 0.05) is 19.3 Å². The molecule has 1 heterocycles. The van der Waals surface area contributed by atoms with Crippen LogP contribution in [0.1, 0.15) is 11.3 Å². The molecule has 2 aromatic rings. The van der Waals surface area contributed by atoms with Crippen molar-refractivity contribution in [3.8, 4) is 0 Å². The largest absolute Gasteiger partial charge is 0.308 e. The minimum absolute atomic E-state index is 0.238. The van der Waals surface area contributed by atoms with Crippen LogP contribution in [0.5, 0.6) is 0 Å². The van der Waals surface area contributed by atoms with E-state index in [9.17, 15) is 8.42 Å². The highest BCUT2D eigenvalue weighted by Crippen LogP contribution is 2.14. The van der Waals surface area contributed by atoms with Crippen LogP contribution in [0.15, 0.2) is 41.4 Å². The summed E-state index contributed by atoms with van der Waals surface area (Å²) < 4.78 is 28.9. The van der Waals surface area contributed by atoms with E-state index in [0.29, 0.717) is 25.3 Å². The van der Waals surface area contributed by atoms with E-state index in [1.165, 1.54) is 0 Å². The Hall–Kier alpha value is -1.70. The molecule has 22 heavy (non-hydrogen) atoms. The molecule has 0 radical (unpaired) electrons. The molecule has 0 aliphatic carbocycles. The molecular formula is C15H22N4O2S. The lowest BCUT2D eigenvalue weighted by Gasteiger charge is -2.10. The molecule has 0 saturated carbocycles. The smallest absolute Gasteiger partial charge is 0.244 e. The van der Waals surface area contributed by atoms with Gasteiger partial charge in [-0.3, -0.25) is 4.68 Å². The number of sulfonamides is 1. The molecule has 0 bridgehead atoms. The molecule has 7 heteroatoms. The van der Waals surface area contributed by atoms with Gasteiger partial charge in [-0.15, -0.1) is 0 Å². The summed E-state index contributed by atoms with van der Waals surface area (Å²) in [6.45, 7) is 3.28. The van der Waals surface area contributed by atoms with Gasteiger partial charge in [0.25, 0.3) is 0 Å². The van der Waals surface area contributed by atoms with Crippen LogP contribution in [0.25, 0.3) is 0 Å². The van der Waals surface area contributed by atoms with Crippen molar-refractivity contribution in [1.82, 2.24) is 19.4 Å². The number of rotatable bonds is 7. The summed E-state index contributed by atoms with van der Waals surface area (Å²) in [6, 6.07) is 9.82. The fourth-order valence-electron chi connectivity index (χ4n) is 2.10. The monoisotopic (exact) mass is 322 g/mol. The fraction of sp³-hybridized carbons (Fsp3) is 0.400. The average molecular weight is 322 g/mol. The molecule has 0 unspecified atom stereocenters. The van der Waals surface area contributed by atoms with Gasteiger partial charge in [-0.05, 0) is 26.6 Å². The summed E-state index contributed by atoms with van der Waals surface area (Å²) in [6.07, 6.45) is 1.58. The highest BCUT2D eigenvalue weighted by atomic mass is 32.2. The molecule has 0 aliphatic rings. The molecule has 1 aromatic carbocycles. The summed E-state index contributed by atoms with van der Waals surface area (Å²) in [5, 5.41) is 4.30. The Kier molecular flexibility index (Phi) is 5.33. The lowest BCUT2D eigenvalue weighted by Crippen LogP contribution is -2.31. The van der Waals surface area contributed by atoms with Gasteiger partial charge in [-0.25, -0.2) is 13.1 Å². The molecule has 0 atom stereocenters. The second-order valence-electron chi connectivity index (χ2n) is 5.46. The second kappa shape index (κ2) is 7.04. The maximum atomic E-state index is 12.3. The van der Waals surface area contributed by atoms with Crippen LogP contribution in [0.2, 0.25) is 0 Å². The second-order valence-corrected chi connectivity index (χ2v) is 7.20. The van der Waals surface area contributed by atoms with E-state index in [0.717, 1.165) is 5.56 Å². The van der Waals surface area contributed by atoms with E-state index in [-0.39, 0.29) is 4.90 Å². The number of benzene rings is 1. The number of aryl methyl sites for hydroxylation is 1. The van der Waals surface area contributed by atoms with Gasteiger partial charge in [0.1, 0.15) is 4.90 Å². The van der Waals surface area contributed by atoms with Gasteiger partial charge in [-0.2, -0.15) is 5.10 Å². The molecule has 0 saturated heterocycles. The number of nitrogens with one attached hydrogen (secondary N) is 1. The number of likely N-dealkylation sites (N-methyl/N-ethyl adjacent to an activating group) is 1.